The maximum Gasteiger partial charge on any atom is 0.483 e. The summed E-state index contributed by atoms with van der Waals surface area (Å²) in [5.74, 6) is 0. The Kier molecular flexibility index (Phi) is 6.85. The molecule has 0 aromatic carbocycles. The van der Waals surface area contributed by atoms with Crippen LogP contribution in [-0.2, 0) is 4.74 Å². The molecule has 0 amide bonds. The van der Waals surface area contributed by atoms with E-state index in [1.165, 1.54) is 4.74 Å². The van der Waals surface area contributed by atoms with Gasteiger partial charge < -0.3 is 0 Å². The third-order valence-electron chi connectivity index (χ3n) is 0.999. The third kappa shape index (κ3) is 6.81. The van der Waals surface area contributed by atoms with Crippen molar-refractivity contribution in [3.05, 3.63) is 12.4 Å². The minimum Gasteiger partial charge on any atom is -0.240 e. The zero-order valence-electron chi connectivity index (χ0n) is 8.40. The van der Waals surface area contributed by atoms with E-state index in [4.69, 9.17) is 0 Å². The Morgan fingerprint density at radius 2 is 0.850 bits per heavy atom. The highest BCUT2D eigenvalue weighted by Gasteiger charge is 2.70. The smallest absolute Gasteiger partial charge is 0.240 e. The van der Waals surface area contributed by atoms with Crippen LogP contribution in [0.4, 0.5) is 57.1 Å². The van der Waals surface area contributed by atoms with Crippen molar-refractivity contribution in [2.75, 3.05) is 0 Å². The molecule has 0 bridgehead atoms. The van der Waals surface area contributed by atoms with Gasteiger partial charge in [0.1, 0.15) is 0 Å². The summed E-state index contributed by atoms with van der Waals surface area (Å²) in [5, 5.41) is 0. The van der Waals surface area contributed by atoms with Gasteiger partial charge in [0, 0.05) is 0 Å². The van der Waals surface area contributed by atoms with Crippen LogP contribution in [-0.4, -0.2) is 24.6 Å². The van der Waals surface area contributed by atoms with Crippen molar-refractivity contribution in [2.24, 2.45) is 0 Å². The molecule has 0 aromatic rings. The van der Waals surface area contributed by atoms with E-state index in [2.05, 4.69) is 0 Å². The van der Waals surface area contributed by atoms with Crippen LogP contribution in [0.1, 0.15) is 0 Å². The average Bonchev–Trinajstić information content (AvgIpc) is 2.13. The summed E-state index contributed by atoms with van der Waals surface area (Å²) >= 11 is 0. The molecule has 0 saturated carbocycles. The fourth-order valence-electron chi connectivity index (χ4n) is 0.277. The third-order valence-corrected chi connectivity index (χ3v) is 0.999. The van der Waals surface area contributed by atoms with E-state index < -0.39 is 37.0 Å². The molecule has 122 valence electrons. The number of hydrogen-bond acceptors (Lipinski definition) is 1. The quantitative estimate of drug-likeness (QED) is 0.645. The lowest BCUT2D eigenvalue weighted by Gasteiger charge is -2.26. The van der Waals surface area contributed by atoms with Crippen molar-refractivity contribution in [3.8, 4) is 0 Å². The van der Waals surface area contributed by atoms with E-state index in [1.807, 2.05) is 0 Å². The Morgan fingerprint density at radius 1 is 0.650 bits per heavy atom. The van der Waals surface area contributed by atoms with Crippen molar-refractivity contribution in [2.45, 2.75) is 24.6 Å². The maximum atomic E-state index is 11.6. The SMILES string of the molecule is FC(F)(F)C(F)(F)OC(F)(F)C(F)(F)F.FC=C(F)F. The summed E-state index contributed by atoms with van der Waals surface area (Å²) < 4.78 is 146. The zero-order chi connectivity index (χ0) is 17.0. The minimum atomic E-state index is -6.66. The number of halogens is 13. The summed E-state index contributed by atoms with van der Waals surface area (Å²) in [4.78, 5) is 0. The molecule has 14 heteroatoms. The monoisotopic (exact) mass is 336 g/mol. The maximum absolute atomic E-state index is 11.6. The Labute approximate surface area is 100 Å². The first-order chi connectivity index (χ1) is 8.48. The fraction of sp³-hybridized carbons (Fsp3) is 0.667. The highest BCUT2D eigenvalue weighted by atomic mass is 19.4. The molecule has 0 aliphatic heterocycles. The largest absolute Gasteiger partial charge is 0.483 e. The van der Waals surface area contributed by atoms with Crippen molar-refractivity contribution in [3.63, 3.8) is 0 Å². The Morgan fingerprint density at radius 3 is 0.950 bits per heavy atom. The van der Waals surface area contributed by atoms with Gasteiger partial charge >= 0.3 is 24.6 Å². The van der Waals surface area contributed by atoms with Gasteiger partial charge in [0.25, 0.3) is 6.08 Å². The molecule has 0 aromatic heterocycles. The van der Waals surface area contributed by atoms with Crippen molar-refractivity contribution in [1.82, 2.24) is 0 Å². The average molecular weight is 336 g/mol. The van der Waals surface area contributed by atoms with Crippen LogP contribution in [0.15, 0.2) is 12.4 Å². The Bertz CT molecular complexity index is 295. The van der Waals surface area contributed by atoms with Crippen LogP contribution < -0.4 is 0 Å². The molecule has 0 fully saturated rings. The second kappa shape index (κ2) is 6.49. The van der Waals surface area contributed by atoms with Crippen LogP contribution in [0.3, 0.4) is 0 Å². The molecular weight excluding hydrogens is 335 g/mol. The summed E-state index contributed by atoms with van der Waals surface area (Å²) in [6.45, 7) is 0. The van der Waals surface area contributed by atoms with Gasteiger partial charge in [-0.25, -0.2) is 9.13 Å². The molecule has 0 atom stereocenters. The van der Waals surface area contributed by atoms with Crippen molar-refractivity contribution >= 4 is 0 Å². The molecule has 0 rings (SSSR count). The molecule has 0 aliphatic rings. The van der Waals surface area contributed by atoms with Gasteiger partial charge in [0.15, 0.2) is 6.33 Å². The molecule has 0 saturated heterocycles. The van der Waals surface area contributed by atoms with Crippen LogP contribution >= 0.6 is 0 Å². The first-order valence-corrected chi connectivity index (χ1v) is 3.68. The highest BCUT2D eigenvalue weighted by molar-refractivity contribution is 4.72. The van der Waals surface area contributed by atoms with Gasteiger partial charge in [-0.05, 0) is 0 Å². The number of rotatable bonds is 2. The molecule has 20 heavy (non-hydrogen) atoms. The van der Waals surface area contributed by atoms with Gasteiger partial charge in [0.05, 0.1) is 0 Å². The number of alkyl halides is 10. The van der Waals surface area contributed by atoms with Gasteiger partial charge in [-0.15, -0.1) is 0 Å². The first-order valence-electron chi connectivity index (χ1n) is 3.68. The molecule has 0 spiro atoms. The molecule has 0 N–H and O–H groups in total. The van der Waals surface area contributed by atoms with E-state index in [9.17, 15) is 57.1 Å². The van der Waals surface area contributed by atoms with Crippen LogP contribution in [0.2, 0.25) is 0 Å². The van der Waals surface area contributed by atoms with E-state index in [0.29, 0.717) is 0 Å². The Balaban J connectivity index is 0. The Hall–Kier alpha value is -1.21. The van der Waals surface area contributed by atoms with Gasteiger partial charge in [-0.3, -0.25) is 0 Å². The highest BCUT2D eigenvalue weighted by Crippen LogP contribution is 2.45. The van der Waals surface area contributed by atoms with E-state index >= 15 is 0 Å². The molecular formula is C6HF13O. The second-order valence-corrected chi connectivity index (χ2v) is 2.53. The summed E-state index contributed by atoms with van der Waals surface area (Å²) in [6.07, 6.45) is -29.5. The van der Waals surface area contributed by atoms with Gasteiger partial charge in [-0.2, -0.15) is 52.7 Å². The van der Waals surface area contributed by atoms with Gasteiger partial charge in [-0.1, -0.05) is 0 Å². The van der Waals surface area contributed by atoms with E-state index in [-0.39, 0.29) is 0 Å². The summed E-state index contributed by atoms with van der Waals surface area (Å²) in [6, 6.07) is 0. The van der Waals surface area contributed by atoms with E-state index in [0.717, 1.165) is 0 Å². The summed E-state index contributed by atoms with van der Waals surface area (Å²) in [7, 11) is 0. The summed E-state index contributed by atoms with van der Waals surface area (Å²) in [5.41, 5.74) is 0. The molecule has 0 unspecified atom stereocenters. The molecule has 1 nitrogen and oxygen atoms in total. The predicted molar refractivity (Wildman–Crippen MR) is 34.5 cm³/mol. The van der Waals surface area contributed by atoms with Crippen LogP contribution in [0.5, 0.6) is 0 Å². The molecule has 0 radical (unpaired) electrons. The molecule has 0 aliphatic carbocycles. The fourth-order valence-corrected chi connectivity index (χ4v) is 0.277. The normalized spacial score (nSPS) is 13.4. The zero-order valence-corrected chi connectivity index (χ0v) is 8.40. The van der Waals surface area contributed by atoms with Gasteiger partial charge in [0.2, 0.25) is 0 Å². The lowest BCUT2D eigenvalue weighted by molar-refractivity contribution is -0.501. The topological polar surface area (TPSA) is 9.23 Å². The lowest BCUT2D eigenvalue weighted by Crippen LogP contribution is -2.50. The lowest BCUT2D eigenvalue weighted by atomic mass is 10.5. The van der Waals surface area contributed by atoms with E-state index in [1.54, 1.807) is 0 Å². The van der Waals surface area contributed by atoms with Crippen molar-refractivity contribution < 1.29 is 61.8 Å². The standard InChI is InChI=1S/C4F10O.C2HF3/c5-1(6,7)3(11,12)15-4(13,14)2(8,9)10;3-1-2(4)5/h;1H. The minimum absolute atomic E-state index is 0.750. The second-order valence-electron chi connectivity index (χ2n) is 2.53. The van der Waals surface area contributed by atoms with Crippen LogP contribution in [0.25, 0.3) is 0 Å². The van der Waals surface area contributed by atoms with Crippen LogP contribution in [0, 0.1) is 0 Å². The number of ether oxygens (including phenoxy) is 1. The predicted octanol–water partition coefficient (Wildman–Crippen LogP) is 5.01. The van der Waals surface area contributed by atoms with Crippen molar-refractivity contribution in [1.29, 1.82) is 0 Å². The number of hydrogen-bond donors (Lipinski definition) is 0. The first kappa shape index (κ1) is 21.1. The molecule has 0 heterocycles.